The second kappa shape index (κ2) is 10.9. The van der Waals surface area contributed by atoms with Gasteiger partial charge in [0.25, 0.3) is 0 Å². The van der Waals surface area contributed by atoms with Gasteiger partial charge in [0, 0.05) is 24.7 Å². The summed E-state index contributed by atoms with van der Waals surface area (Å²) in [5.74, 6) is 5.93. The van der Waals surface area contributed by atoms with Crippen LogP contribution in [0.3, 0.4) is 0 Å². The molecule has 1 atom stereocenters. The van der Waals surface area contributed by atoms with Crippen molar-refractivity contribution < 1.29 is 23.8 Å². The van der Waals surface area contributed by atoms with Crippen LogP contribution in [0, 0.1) is 5.82 Å². The number of allylic oxidation sites excluding steroid dienone is 4. The van der Waals surface area contributed by atoms with Gasteiger partial charge in [-0.15, -0.1) is 0 Å². The lowest BCUT2D eigenvalue weighted by Crippen LogP contribution is -2.52. The van der Waals surface area contributed by atoms with E-state index in [4.69, 9.17) is 10.6 Å². The molecule has 0 spiro atoms. The summed E-state index contributed by atoms with van der Waals surface area (Å²) >= 11 is 0. The van der Waals surface area contributed by atoms with Crippen molar-refractivity contribution in [2.75, 3.05) is 29.5 Å². The Kier molecular flexibility index (Phi) is 7.71. The van der Waals surface area contributed by atoms with Crippen molar-refractivity contribution in [2.45, 2.75) is 39.2 Å². The van der Waals surface area contributed by atoms with Crippen molar-refractivity contribution >= 4 is 28.9 Å². The molecule has 0 radical (unpaired) electrons. The summed E-state index contributed by atoms with van der Waals surface area (Å²) in [6.45, 7) is 3.81. The van der Waals surface area contributed by atoms with E-state index >= 15 is 0 Å². The number of hydrogen-bond donors (Lipinski definition) is 2. The number of anilines is 2. The van der Waals surface area contributed by atoms with Gasteiger partial charge < -0.3 is 19.8 Å². The number of rotatable bonds is 5. The Morgan fingerprint density at radius 1 is 1.19 bits per heavy atom. The van der Waals surface area contributed by atoms with E-state index in [-0.39, 0.29) is 30.9 Å². The molecule has 0 saturated heterocycles. The normalized spacial score (nSPS) is 17.5. The van der Waals surface area contributed by atoms with E-state index in [0.29, 0.717) is 17.9 Å². The summed E-state index contributed by atoms with van der Waals surface area (Å²) in [4.78, 5) is 28.9. The van der Waals surface area contributed by atoms with Gasteiger partial charge in [0.1, 0.15) is 11.6 Å². The molecule has 2 aliphatic rings. The zero-order valence-electron chi connectivity index (χ0n) is 20.5. The zero-order valence-corrected chi connectivity index (χ0v) is 20.5. The molecule has 0 unspecified atom stereocenters. The number of hydrogen-bond acceptors (Lipinski definition) is 6. The molecule has 1 aliphatic carbocycles. The molecule has 2 aromatic rings. The van der Waals surface area contributed by atoms with Crippen molar-refractivity contribution in [3.05, 3.63) is 71.7 Å². The highest BCUT2D eigenvalue weighted by atomic mass is 19.1. The van der Waals surface area contributed by atoms with Crippen LogP contribution in [0.1, 0.15) is 38.7 Å². The first-order valence-electron chi connectivity index (χ1n) is 12.0. The third-order valence-corrected chi connectivity index (χ3v) is 6.37. The molecule has 3 N–H and O–H groups in total. The molecule has 8 nitrogen and oxygen atoms in total. The number of nitrogens with zero attached hydrogens (tertiary/aromatic N) is 3. The second-order valence-corrected chi connectivity index (χ2v) is 8.95. The fourth-order valence-electron chi connectivity index (χ4n) is 4.73. The van der Waals surface area contributed by atoms with Gasteiger partial charge >= 0.3 is 6.09 Å². The average molecular weight is 495 g/mol. The number of aliphatic hydroxyl groups excluding tert-OH is 1. The number of carbonyl (C=O) groups is 2. The van der Waals surface area contributed by atoms with E-state index in [1.54, 1.807) is 9.91 Å². The minimum Gasteiger partial charge on any atom is -0.410 e. The maximum Gasteiger partial charge on any atom is 0.419 e. The average Bonchev–Trinajstić information content (AvgIpc) is 3.11. The molecule has 0 aromatic heterocycles. The van der Waals surface area contributed by atoms with Crippen LogP contribution >= 0.6 is 0 Å². The van der Waals surface area contributed by atoms with Gasteiger partial charge in [-0.25, -0.2) is 15.0 Å². The van der Waals surface area contributed by atoms with Crippen LogP contribution in [0.15, 0.2) is 60.3 Å². The Balaban J connectivity index is 1.79. The molecule has 0 bridgehead atoms. The van der Waals surface area contributed by atoms with Gasteiger partial charge in [-0.1, -0.05) is 18.2 Å². The highest BCUT2D eigenvalue weighted by molar-refractivity contribution is 6.03. The molecule has 36 heavy (non-hydrogen) atoms. The van der Waals surface area contributed by atoms with Gasteiger partial charge in [-0.05, 0) is 68.1 Å². The van der Waals surface area contributed by atoms with Crippen molar-refractivity contribution in [1.29, 1.82) is 0 Å². The Bertz CT molecular complexity index is 1190. The number of fused-ring (bicyclic) bond motifs is 1. The Labute approximate surface area is 210 Å². The fourth-order valence-corrected chi connectivity index (χ4v) is 4.73. The summed E-state index contributed by atoms with van der Waals surface area (Å²) < 4.78 is 18.8. The van der Waals surface area contributed by atoms with Crippen molar-refractivity contribution in [1.82, 2.24) is 5.01 Å². The van der Waals surface area contributed by atoms with Crippen LogP contribution in [-0.4, -0.2) is 47.9 Å². The summed E-state index contributed by atoms with van der Waals surface area (Å²) in [6, 6.07) is 10.6. The lowest BCUT2D eigenvalue weighted by molar-refractivity contribution is -0.117. The van der Waals surface area contributed by atoms with Crippen LogP contribution in [0.5, 0.6) is 5.75 Å². The number of hydrazine groups is 1. The summed E-state index contributed by atoms with van der Waals surface area (Å²) in [7, 11) is 0. The number of aliphatic hydroxyl groups is 1. The number of carbonyl (C=O) groups excluding carboxylic acids is 2. The highest BCUT2D eigenvalue weighted by Gasteiger charge is 2.35. The lowest BCUT2D eigenvalue weighted by atomic mass is 9.98. The quantitative estimate of drug-likeness (QED) is 0.477. The molecular weight excluding hydrogens is 463 g/mol. The largest absolute Gasteiger partial charge is 0.419 e. The standard InChI is InChI=1S/C27H31FN4O4/c1-18-17-30(27(35)36-22-11-9-21(28)10-12-22)26-16-20(8-13-25(26)32(18)19(2)34)23-6-4-3-5-7-24(23)31(29)14-15-33/h4,6,8-13,16,18,33H,3,5,7,14-15,17,29H2,1-2H3/t18-/m0/s1. The molecular formula is C27H31FN4O4. The first-order valence-corrected chi connectivity index (χ1v) is 12.0. The van der Waals surface area contributed by atoms with Gasteiger partial charge in [0.2, 0.25) is 5.91 Å². The number of amides is 2. The molecule has 2 amide bonds. The van der Waals surface area contributed by atoms with Gasteiger partial charge in [0.05, 0.1) is 30.6 Å². The van der Waals surface area contributed by atoms with Crippen LogP contribution in [0.25, 0.3) is 5.57 Å². The monoisotopic (exact) mass is 494 g/mol. The van der Waals surface area contributed by atoms with Gasteiger partial charge in [-0.2, -0.15) is 0 Å². The Morgan fingerprint density at radius 3 is 2.64 bits per heavy atom. The van der Waals surface area contributed by atoms with E-state index in [2.05, 4.69) is 6.08 Å². The zero-order chi connectivity index (χ0) is 25.8. The molecule has 2 aromatic carbocycles. The van der Waals surface area contributed by atoms with E-state index in [0.717, 1.165) is 36.1 Å². The molecule has 0 fully saturated rings. The fraction of sp³-hybridized carbons (Fsp3) is 0.333. The number of halogens is 1. The van der Waals surface area contributed by atoms with Crippen LogP contribution in [0.4, 0.5) is 20.6 Å². The van der Waals surface area contributed by atoms with Crippen LogP contribution in [0.2, 0.25) is 0 Å². The first kappa shape index (κ1) is 25.4. The minimum atomic E-state index is -0.624. The lowest BCUT2D eigenvalue weighted by Gasteiger charge is -2.40. The van der Waals surface area contributed by atoms with E-state index in [1.165, 1.54) is 36.1 Å². The van der Waals surface area contributed by atoms with Crippen molar-refractivity contribution in [3.63, 3.8) is 0 Å². The topological polar surface area (TPSA) is 99.3 Å². The van der Waals surface area contributed by atoms with E-state index in [9.17, 15) is 19.1 Å². The smallest absolute Gasteiger partial charge is 0.410 e. The van der Waals surface area contributed by atoms with Gasteiger partial charge in [-0.3, -0.25) is 9.69 Å². The van der Waals surface area contributed by atoms with Crippen molar-refractivity contribution in [3.8, 4) is 5.75 Å². The third kappa shape index (κ3) is 5.27. The number of benzene rings is 2. The first-order chi connectivity index (χ1) is 17.3. The molecule has 9 heteroatoms. The van der Waals surface area contributed by atoms with Crippen molar-refractivity contribution in [2.24, 2.45) is 5.84 Å². The molecule has 1 heterocycles. The maximum atomic E-state index is 13.3. The predicted octanol–water partition coefficient (Wildman–Crippen LogP) is 4.21. The van der Waals surface area contributed by atoms with Crippen LogP contribution < -0.4 is 20.4 Å². The third-order valence-electron chi connectivity index (χ3n) is 6.37. The van der Waals surface area contributed by atoms with E-state index < -0.39 is 11.9 Å². The Hall–Kier alpha value is -3.69. The maximum absolute atomic E-state index is 13.3. The molecule has 190 valence electrons. The number of ether oxygens (including phenoxy) is 1. The molecule has 0 saturated carbocycles. The number of nitrogens with two attached hydrogens (primary N) is 1. The van der Waals surface area contributed by atoms with E-state index in [1.807, 2.05) is 31.2 Å². The predicted molar refractivity (Wildman–Crippen MR) is 137 cm³/mol. The summed E-state index contributed by atoms with van der Waals surface area (Å²) in [5.41, 5.74) is 3.74. The second-order valence-electron chi connectivity index (χ2n) is 8.95. The molecule has 4 rings (SSSR count). The summed E-state index contributed by atoms with van der Waals surface area (Å²) in [6.07, 6.45) is 6.03. The van der Waals surface area contributed by atoms with Crippen LogP contribution in [-0.2, 0) is 4.79 Å². The highest BCUT2D eigenvalue weighted by Crippen LogP contribution is 2.40. The minimum absolute atomic E-state index is 0.0738. The Morgan fingerprint density at radius 2 is 1.94 bits per heavy atom. The van der Waals surface area contributed by atoms with Gasteiger partial charge in [0.15, 0.2) is 0 Å². The molecule has 1 aliphatic heterocycles. The summed E-state index contributed by atoms with van der Waals surface area (Å²) in [5, 5.41) is 11.0. The SMILES string of the molecule is CC(=O)N1c2ccc(C3=C(N(N)CCO)CCCC=C3)cc2N(C(=O)Oc2ccc(F)cc2)C[C@@H]1C.